The van der Waals surface area contributed by atoms with Crippen molar-refractivity contribution in [1.82, 2.24) is 0 Å². The van der Waals surface area contributed by atoms with E-state index in [0.717, 1.165) is 5.56 Å². The maximum atomic E-state index is 9.39. The number of nitriles is 1. The lowest BCUT2D eigenvalue weighted by molar-refractivity contribution is 1.04. The average molecular weight is 324 g/mol. The number of benzene rings is 2. The third-order valence-electron chi connectivity index (χ3n) is 2.84. The van der Waals surface area contributed by atoms with Crippen molar-refractivity contribution < 1.29 is 0 Å². The fourth-order valence-corrected chi connectivity index (χ4v) is 2.53. The molecule has 20 heavy (non-hydrogen) atoms. The maximum absolute atomic E-state index is 9.39. The standard InChI is InChI=1S/C14H7Cl3N3/c15-9-3-1-8(2-4-9)11(7-18)10-5-6-12(16)14(20-19)13(10)17/h1-6,11H/q+1. The largest absolute Gasteiger partial charge is 0.422 e. The Morgan fingerprint density at radius 1 is 1.00 bits per heavy atom. The van der Waals surface area contributed by atoms with Crippen molar-refractivity contribution >= 4 is 40.5 Å². The molecular formula is C14H7Cl3N3+. The fourth-order valence-electron chi connectivity index (χ4n) is 1.85. The molecule has 3 nitrogen and oxygen atoms in total. The van der Waals surface area contributed by atoms with Gasteiger partial charge in [-0.05, 0) is 23.8 Å². The van der Waals surface area contributed by atoms with E-state index < -0.39 is 5.92 Å². The quantitative estimate of drug-likeness (QED) is 0.657. The van der Waals surface area contributed by atoms with E-state index in [4.69, 9.17) is 40.2 Å². The van der Waals surface area contributed by atoms with Gasteiger partial charge in [-0.3, -0.25) is 0 Å². The van der Waals surface area contributed by atoms with Crippen LogP contribution in [0.15, 0.2) is 36.4 Å². The Kier molecular flexibility index (Phi) is 4.47. The molecule has 2 aromatic rings. The van der Waals surface area contributed by atoms with Crippen LogP contribution in [0.5, 0.6) is 0 Å². The molecule has 6 heteroatoms. The molecular weight excluding hydrogens is 317 g/mol. The molecule has 0 fully saturated rings. The first-order chi connectivity index (χ1) is 9.58. The van der Waals surface area contributed by atoms with Gasteiger partial charge in [0.15, 0.2) is 4.98 Å². The van der Waals surface area contributed by atoms with Crippen LogP contribution in [0.1, 0.15) is 17.0 Å². The van der Waals surface area contributed by atoms with E-state index in [1.807, 2.05) is 0 Å². The maximum Gasteiger partial charge on any atom is 0.422 e. The van der Waals surface area contributed by atoms with Crippen LogP contribution in [0, 0.1) is 16.7 Å². The SMILES string of the molecule is N#CC(c1ccc(Cl)cc1)c1ccc(Cl)c([N+]#N)c1Cl. The van der Waals surface area contributed by atoms with E-state index in [1.54, 1.807) is 30.3 Å². The van der Waals surface area contributed by atoms with Gasteiger partial charge in [-0.15, -0.1) is 0 Å². The van der Waals surface area contributed by atoms with E-state index in [2.05, 4.69) is 11.0 Å². The Morgan fingerprint density at radius 2 is 1.65 bits per heavy atom. The third kappa shape index (κ3) is 2.71. The molecule has 0 saturated carbocycles. The topological polar surface area (TPSA) is 51.9 Å². The molecule has 0 aliphatic carbocycles. The highest BCUT2D eigenvalue weighted by molar-refractivity contribution is 6.39. The second-order valence-electron chi connectivity index (χ2n) is 4.01. The van der Waals surface area contributed by atoms with Gasteiger partial charge in [-0.2, -0.15) is 5.26 Å². The van der Waals surface area contributed by atoms with Crippen molar-refractivity contribution in [2.45, 2.75) is 5.92 Å². The fraction of sp³-hybridized carbons (Fsp3) is 0.0714. The number of rotatable bonds is 2. The number of hydrogen-bond acceptors (Lipinski definition) is 2. The van der Waals surface area contributed by atoms with Crippen LogP contribution in [0.4, 0.5) is 5.69 Å². The summed E-state index contributed by atoms with van der Waals surface area (Å²) < 4.78 is 0. The summed E-state index contributed by atoms with van der Waals surface area (Å²) in [6.07, 6.45) is 0. The van der Waals surface area contributed by atoms with Gasteiger partial charge in [0.05, 0.1) is 12.0 Å². The average Bonchev–Trinajstić information content (AvgIpc) is 2.44. The van der Waals surface area contributed by atoms with Crippen LogP contribution in [-0.4, -0.2) is 0 Å². The van der Waals surface area contributed by atoms with Gasteiger partial charge in [0.25, 0.3) is 0 Å². The first-order valence-electron chi connectivity index (χ1n) is 5.56. The summed E-state index contributed by atoms with van der Waals surface area (Å²) in [4.78, 5) is 3.06. The van der Waals surface area contributed by atoms with Gasteiger partial charge in [0.1, 0.15) is 10.0 Å². The van der Waals surface area contributed by atoms with Gasteiger partial charge >= 0.3 is 5.69 Å². The van der Waals surface area contributed by atoms with Crippen molar-refractivity contribution in [1.29, 1.82) is 10.7 Å². The summed E-state index contributed by atoms with van der Waals surface area (Å²) in [7, 11) is 0. The van der Waals surface area contributed by atoms with E-state index in [-0.39, 0.29) is 15.7 Å². The number of halogens is 3. The Labute approximate surface area is 130 Å². The van der Waals surface area contributed by atoms with Crippen LogP contribution < -0.4 is 0 Å². The lowest BCUT2D eigenvalue weighted by atomic mass is 9.92. The highest BCUT2D eigenvalue weighted by Crippen LogP contribution is 2.40. The van der Waals surface area contributed by atoms with Gasteiger partial charge in [-0.1, -0.05) is 53.0 Å². The Balaban J connectivity index is 2.57. The van der Waals surface area contributed by atoms with Crippen LogP contribution >= 0.6 is 34.8 Å². The lowest BCUT2D eigenvalue weighted by Gasteiger charge is -2.11. The zero-order valence-corrected chi connectivity index (χ0v) is 12.3. The summed E-state index contributed by atoms with van der Waals surface area (Å²) in [5, 5.41) is 19.3. The van der Waals surface area contributed by atoms with Crippen molar-refractivity contribution in [3.63, 3.8) is 0 Å². The zero-order chi connectivity index (χ0) is 14.7. The summed E-state index contributed by atoms with van der Waals surface area (Å²) in [6, 6.07) is 12.2. The smallest absolute Gasteiger partial charge is 0.197 e. The van der Waals surface area contributed by atoms with Gasteiger partial charge < -0.3 is 0 Å². The number of diazo groups is 1. The Hall–Kier alpha value is -1.78. The van der Waals surface area contributed by atoms with Crippen molar-refractivity contribution in [2.75, 3.05) is 0 Å². The van der Waals surface area contributed by atoms with Crippen LogP contribution in [0.2, 0.25) is 15.1 Å². The molecule has 2 rings (SSSR count). The second kappa shape index (κ2) is 6.11. The molecule has 1 unspecified atom stereocenters. The molecule has 0 saturated heterocycles. The third-order valence-corrected chi connectivity index (χ3v) is 3.79. The molecule has 2 aromatic carbocycles. The van der Waals surface area contributed by atoms with E-state index in [0.29, 0.717) is 10.6 Å². The normalized spacial score (nSPS) is 11.4. The summed E-state index contributed by atoms with van der Waals surface area (Å²) >= 11 is 17.9. The highest BCUT2D eigenvalue weighted by atomic mass is 35.5. The first kappa shape index (κ1) is 14.6. The van der Waals surface area contributed by atoms with E-state index in [1.165, 1.54) is 6.07 Å². The highest BCUT2D eigenvalue weighted by Gasteiger charge is 2.26. The molecule has 98 valence electrons. The van der Waals surface area contributed by atoms with Crippen LogP contribution in [-0.2, 0) is 0 Å². The predicted molar refractivity (Wildman–Crippen MR) is 80.1 cm³/mol. The molecule has 0 amide bonds. The Morgan fingerprint density at radius 3 is 2.20 bits per heavy atom. The molecule has 0 aliphatic heterocycles. The molecule has 0 radical (unpaired) electrons. The molecule has 0 spiro atoms. The summed E-state index contributed by atoms with van der Waals surface area (Å²) in [6.45, 7) is 0. The van der Waals surface area contributed by atoms with Crippen molar-refractivity contribution in [3.8, 4) is 6.07 Å². The molecule has 0 heterocycles. The van der Waals surface area contributed by atoms with Gasteiger partial charge in [-0.25, -0.2) is 0 Å². The van der Waals surface area contributed by atoms with Crippen molar-refractivity contribution in [2.24, 2.45) is 0 Å². The minimum Gasteiger partial charge on any atom is -0.197 e. The second-order valence-corrected chi connectivity index (χ2v) is 5.23. The zero-order valence-electron chi connectivity index (χ0n) is 10.0. The van der Waals surface area contributed by atoms with Crippen LogP contribution in [0.25, 0.3) is 4.98 Å². The minimum absolute atomic E-state index is 0.0556. The lowest BCUT2D eigenvalue weighted by Crippen LogP contribution is -1.99. The van der Waals surface area contributed by atoms with Gasteiger partial charge in [0.2, 0.25) is 5.39 Å². The van der Waals surface area contributed by atoms with E-state index in [9.17, 15) is 5.26 Å². The summed E-state index contributed by atoms with van der Waals surface area (Å²) in [5.74, 6) is -0.600. The molecule has 0 N–H and O–H groups in total. The monoisotopic (exact) mass is 322 g/mol. The molecule has 0 aliphatic rings. The van der Waals surface area contributed by atoms with Crippen molar-refractivity contribution in [3.05, 3.63) is 67.6 Å². The molecule has 1 atom stereocenters. The predicted octanol–water partition coefficient (Wildman–Crippen LogP) is 5.79. The van der Waals surface area contributed by atoms with Gasteiger partial charge in [0, 0.05) is 10.6 Å². The molecule has 0 bridgehead atoms. The van der Waals surface area contributed by atoms with E-state index >= 15 is 0 Å². The minimum atomic E-state index is -0.600. The summed E-state index contributed by atoms with van der Waals surface area (Å²) in [5.41, 5.74) is 1.32. The first-order valence-corrected chi connectivity index (χ1v) is 6.70. The Bertz CT molecular complexity index is 727. The van der Waals surface area contributed by atoms with Crippen LogP contribution in [0.3, 0.4) is 0 Å². The molecule has 0 aromatic heterocycles. The number of nitrogens with zero attached hydrogens (tertiary/aromatic N) is 3. The number of hydrogen-bond donors (Lipinski definition) is 0.